The molecule has 72 valence electrons. The second kappa shape index (κ2) is 8.93. The summed E-state index contributed by atoms with van der Waals surface area (Å²) in [5.74, 6) is 0. The highest BCUT2D eigenvalue weighted by Gasteiger charge is 2.05. The lowest BCUT2D eigenvalue weighted by Crippen LogP contribution is -2.19. The van der Waals surface area contributed by atoms with Crippen molar-refractivity contribution in [3.63, 3.8) is 0 Å². The molecule has 0 aliphatic carbocycles. The largest absolute Gasteiger partial charge is 0.399 e. The van der Waals surface area contributed by atoms with Crippen LogP contribution < -0.4 is 0 Å². The summed E-state index contributed by atoms with van der Waals surface area (Å²) in [4.78, 5) is 0. The van der Waals surface area contributed by atoms with Gasteiger partial charge in [-0.15, -0.1) is 6.58 Å². The molecule has 0 aromatic carbocycles. The molecule has 0 spiro atoms. The maximum absolute atomic E-state index is 5.50. The number of ether oxygens (including phenoxy) is 2. The Morgan fingerprint density at radius 2 is 2.25 bits per heavy atom. The summed E-state index contributed by atoms with van der Waals surface area (Å²) >= 11 is 0. The number of hydrogen-bond acceptors (Lipinski definition) is 3. The highest BCUT2D eigenvalue weighted by Crippen LogP contribution is 1.99. The van der Waals surface area contributed by atoms with E-state index >= 15 is 0 Å². The molecule has 3 nitrogen and oxygen atoms in total. The number of hydrogen-bond donors (Lipinski definition) is 0. The van der Waals surface area contributed by atoms with Gasteiger partial charge in [-0.05, 0) is 6.04 Å². The van der Waals surface area contributed by atoms with Crippen molar-refractivity contribution < 1.29 is 13.9 Å². The van der Waals surface area contributed by atoms with Gasteiger partial charge in [-0.1, -0.05) is 6.08 Å². The molecule has 0 saturated heterocycles. The lowest BCUT2D eigenvalue weighted by Gasteiger charge is -2.15. The van der Waals surface area contributed by atoms with Gasteiger partial charge in [-0.2, -0.15) is 0 Å². The zero-order valence-electron chi connectivity index (χ0n) is 7.91. The Hall–Kier alpha value is -0.163. The van der Waals surface area contributed by atoms with Crippen molar-refractivity contribution in [3.05, 3.63) is 12.7 Å². The van der Waals surface area contributed by atoms with E-state index in [4.69, 9.17) is 13.9 Å². The van der Waals surface area contributed by atoms with E-state index in [-0.39, 0.29) is 6.29 Å². The minimum atomic E-state index is -0.474. The van der Waals surface area contributed by atoms with Crippen molar-refractivity contribution in [1.29, 1.82) is 0 Å². The third-order valence-electron chi connectivity index (χ3n) is 1.45. The van der Waals surface area contributed by atoms with Crippen LogP contribution in [0.25, 0.3) is 0 Å². The molecular formula is C8H18O3Si. The first-order chi connectivity index (χ1) is 5.85. The minimum absolute atomic E-state index is 0.0865. The third-order valence-corrected chi connectivity index (χ3v) is 2.70. The van der Waals surface area contributed by atoms with Crippen LogP contribution in [0, 0.1) is 0 Å². The van der Waals surface area contributed by atoms with E-state index in [1.165, 1.54) is 0 Å². The van der Waals surface area contributed by atoms with Crippen LogP contribution in [-0.4, -0.2) is 36.9 Å². The minimum Gasteiger partial charge on any atom is -0.399 e. The molecule has 0 bridgehead atoms. The third kappa shape index (κ3) is 6.54. The van der Waals surface area contributed by atoms with E-state index < -0.39 is 9.76 Å². The molecular weight excluding hydrogens is 172 g/mol. The van der Waals surface area contributed by atoms with Crippen molar-refractivity contribution in [3.8, 4) is 0 Å². The summed E-state index contributed by atoms with van der Waals surface area (Å²) in [5, 5.41) is 0. The van der Waals surface area contributed by atoms with Gasteiger partial charge in [0.2, 0.25) is 0 Å². The summed E-state index contributed by atoms with van der Waals surface area (Å²) < 4.78 is 15.5. The van der Waals surface area contributed by atoms with Crippen molar-refractivity contribution in [2.75, 3.05) is 20.8 Å². The maximum Gasteiger partial charge on any atom is 0.168 e. The molecule has 0 rings (SSSR count). The van der Waals surface area contributed by atoms with Gasteiger partial charge in [0.25, 0.3) is 0 Å². The Kier molecular flexibility index (Phi) is 8.81. The molecule has 0 aliphatic heterocycles. The average Bonchev–Trinajstić information content (AvgIpc) is 2.11. The summed E-state index contributed by atoms with van der Waals surface area (Å²) in [5.41, 5.74) is 0. The van der Waals surface area contributed by atoms with Crippen LogP contribution in [-0.2, 0) is 13.9 Å². The first-order valence-electron chi connectivity index (χ1n) is 4.09. The van der Waals surface area contributed by atoms with E-state index in [1.807, 2.05) is 6.08 Å². The molecule has 0 N–H and O–H groups in total. The van der Waals surface area contributed by atoms with Gasteiger partial charge in [0.1, 0.15) is 6.29 Å². The fraction of sp³-hybridized carbons (Fsp3) is 0.750. The Balaban J connectivity index is 3.32. The Bertz CT molecular complexity index is 108. The van der Waals surface area contributed by atoms with Crippen molar-refractivity contribution >= 4 is 9.76 Å². The normalized spacial score (nSPS) is 13.8. The van der Waals surface area contributed by atoms with Gasteiger partial charge < -0.3 is 13.9 Å². The first kappa shape index (κ1) is 11.8. The van der Waals surface area contributed by atoms with Gasteiger partial charge in [-0.25, -0.2) is 0 Å². The molecule has 0 saturated carbocycles. The molecule has 0 heterocycles. The van der Waals surface area contributed by atoms with Crippen LogP contribution in [0.3, 0.4) is 0 Å². The van der Waals surface area contributed by atoms with E-state index in [2.05, 4.69) is 6.58 Å². The van der Waals surface area contributed by atoms with Crippen LogP contribution in [0.1, 0.15) is 6.42 Å². The average molecular weight is 190 g/mol. The molecule has 0 aromatic heterocycles. The van der Waals surface area contributed by atoms with E-state index in [1.54, 1.807) is 14.2 Å². The van der Waals surface area contributed by atoms with Crippen LogP contribution in [0.2, 0.25) is 6.04 Å². The summed E-state index contributed by atoms with van der Waals surface area (Å²) in [6.45, 7) is 4.32. The predicted molar refractivity (Wildman–Crippen MR) is 51.9 cm³/mol. The summed E-state index contributed by atoms with van der Waals surface area (Å²) in [6.07, 6.45) is 2.60. The standard InChI is InChI=1S/C8H18O3Si/c1-4-7-12-11-8(10-3)5-6-9-2/h4,8H,1,5-7,12H2,2-3H3. The van der Waals surface area contributed by atoms with Crippen LogP contribution >= 0.6 is 0 Å². The summed E-state index contributed by atoms with van der Waals surface area (Å²) in [7, 11) is 2.86. The number of allylic oxidation sites excluding steroid dienone is 1. The maximum atomic E-state index is 5.50. The first-order valence-corrected chi connectivity index (χ1v) is 5.67. The Morgan fingerprint density at radius 3 is 2.75 bits per heavy atom. The van der Waals surface area contributed by atoms with E-state index in [0.717, 1.165) is 12.5 Å². The lowest BCUT2D eigenvalue weighted by atomic mass is 10.4. The SMILES string of the molecule is C=CC[SiH2]OC(CCOC)OC. The molecule has 12 heavy (non-hydrogen) atoms. The fourth-order valence-electron chi connectivity index (χ4n) is 0.766. The van der Waals surface area contributed by atoms with Gasteiger partial charge in [-0.3, -0.25) is 0 Å². The van der Waals surface area contributed by atoms with Crippen molar-refractivity contribution in [2.24, 2.45) is 0 Å². The molecule has 1 atom stereocenters. The van der Waals surface area contributed by atoms with Crippen molar-refractivity contribution in [1.82, 2.24) is 0 Å². The summed E-state index contributed by atoms with van der Waals surface area (Å²) in [6, 6.07) is 0.993. The topological polar surface area (TPSA) is 27.7 Å². The molecule has 0 fully saturated rings. The van der Waals surface area contributed by atoms with Crippen molar-refractivity contribution in [2.45, 2.75) is 18.8 Å². The molecule has 0 radical (unpaired) electrons. The lowest BCUT2D eigenvalue weighted by molar-refractivity contribution is -0.0676. The molecule has 4 heteroatoms. The zero-order chi connectivity index (χ0) is 9.23. The van der Waals surface area contributed by atoms with Gasteiger partial charge in [0.15, 0.2) is 9.76 Å². The predicted octanol–water partition coefficient (Wildman–Crippen LogP) is 0.700. The fourth-order valence-corrected chi connectivity index (χ4v) is 1.63. The Morgan fingerprint density at radius 1 is 1.50 bits per heavy atom. The van der Waals surface area contributed by atoms with E-state index in [9.17, 15) is 0 Å². The monoisotopic (exact) mass is 190 g/mol. The van der Waals surface area contributed by atoms with Gasteiger partial charge in [0.05, 0.1) is 6.61 Å². The molecule has 0 aliphatic rings. The van der Waals surface area contributed by atoms with Crippen LogP contribution in [0.5, 0.6) is 0 Å². The molecule has 0 amide bonds. The molecule has 1 unspecified atom stereocenters. The number of rotatable bonds is 8. The van der Waals surface area contributed by atoms with Gasteiger partial charge >= 0.3 is 0 Å². The Labute approximate surface area is 76.6 Å². The highest BCUT2D eigenvalue weighted by atomic mass is 28.2. The highest BCUT2D eigenvalue weighted by molar-refractivity contribution is 6.27. The second-order valence-corrected chi connectivity index (χ2v) is 3.71. The quantitative estimate of drug-likeness (QED) is 0.244. The second-order valence-electron chi connectivity index (χ2n) is 2.39. The van der Waals surface area contributed by atoms with Crippen LogP contribution in [0.4, 0.5) is 0 Å². The number of methoxy groups -OCH3 is 2. The zero-order valence-corrected chi connectivity index (χ0v) is 9.33. The van der Waals surface area contributed by atoms with Gasteiger partial charge in [0, 0.05) is 20.6 Å². The smallest absolute Gasteiger partial charge is 0.168 e. The van der Waals surface area contributed by atoms with E-state index in [0.29, 0.717) is 6.61 Å². The van der Waals surface area contributed by atoms with Crippen LogP contribution in [0.15, 0.2) is 12.7 Å². The molecule has 0 aromatic rings.